The summed E-state index contributed by atoms with van der Waals surface area (Å²) < 4.78 is 20.1. The Hall–Kier alpha value is -4.06. The topological polar surface area (TPSA) is 114 Å². The highest BCUT2D eigenvalue weighted by molar-refractivity contribution is 5.95. The molecule has 33 heavy (non-hydrogen) atoms. The lowest BCUT2D eigenvalue weighted by atomic mass is 10.0. The second-order valence-corrected chi connectivity index (χ2v) is 7.90. The molecule has 0 unspecified atom stereocenters. The molecule has 1 aliphatic rings. The molecule has 0 radical (unpaired) electrons. The van der Waals surface area contributed by atoms with Crippen molar-refractivity contribution in [2.75, 3.05) is 7.11 Å². The third kappa shape index (κ3) is 5.60. The molecule has 1 heterocycles. The second kappa shape index (κ2) is 10.0. The molecule has 1 atom stereocenters. The lowest BCUT2D eigenvalue weighted by Gasteiger charge is -2.18. The smallest absolute Gasteiger partial charge is 0.305 e. The van der Waals surface area contributed by atoms with E-state index in [9.17, 15) is 24.2 Å². The van der Waals surface area contributed by atoms with Crippen LogP contribution in [-0.2, 0) is 4.79 Å². The number of carbonyl (C=O) groups excluding carboxylic acids is 1. The molecule has 1 aliphatic carbocycles. The minimum absolute atomic E-state index is 0.0211. The Morgan fingerprint density at radius 3 is 2.64 bits per heavy atom. The van der Waals surface area contributed by atoms with Gasteiger partial charge in [-0.3, -0.25) is 9.59 Å². The van der Waals surface area contributed by atoms with Gasteiger partial charge in [0.1, 0.15) is 17.2 Å². The minimum atomic E-state index is -1.03. The van der Waals surface area contributed by atoms with Crippen LogP contribution in [0.4, 0.5) is 4.39 Å². The molecule has 0 fully saturated rings. The van der Waals surface area contributed by atoms with Crippen LogP contribution in [0.3, 0.4) is 0 Å². The van der Waals surface area contributed by atoms with E-state index >= 15 is 0 Å². The first-order valence-corrected chi connectivity index (χ1v) is 10.3. The van der Waals surface area contributed by atoms with Gasteiger partial charge < -0.3 is 20.3 Å². The van der Waals surface area contributed by atoms with E-state index in [1.165, 1.54) is 36.1 Å². The number of allylic oxidation sites excluding steroid dienone is 4. The molecule has 1 aromatic heterocycles. The Morgan fingerprint density at radius 2 is 2.03 bits per heavy atom. The van der Waals surface area contributed by atoms with Crippen LogP contribution in [0.1, 0.15) is 37.2 Å². The maximum atomic E-state index is 13.4. The number of hydrogen-bond acceptors (Lipinski definition) is 5. The van der Waals surface area contributed by atoms with Crippen LogP contribution in [0.2, 0.25) is 0 Å². The summed E-state index contributed by atoms with van der Waals surface area (Å²) in [5.41, 5.74) is 5.78. The number of hydrogen-bond donors (Lipinski definition) is 3. The van der Waals surface area contributed by atoms with E-state index in [0.29, 0.717) is 17.9 Å². The van der Waals surface area contributed by atoms with Crippen molar-refractivity contribution >= 4 is 17.6 Å². The number of amides is 1. The van der Waals surface area contributed by atoms with Crippen LogP contribution >= 0.6 is 0 Å². The predicted octanol–water partition coefficient (Wildman–Crippen LogP) is 3.90. The second-order valence-electron chi connectivity index (χ2n) is 7.90. The molecule has 1 amide bonds. The monoisotopic (exact) mass is 453 g/mol. The highest BCUT2D eigenvalue weighted by atomic mass is 19.1. The molecule has 0 saturated heterocycles. The summed E-state index contributed by atoms with van der Waals surface area (Å²) in [4.78, 5) is 24.2. The Balaban J connectivity index is 2.09. The summed E-state index contributed by atoms with van der Waals surface area (Å²) in [6, 6.07) is 5.55. The number of nitrogens with zero attached hydrogens (tertiary/aromatic N) is 2. The fourth-order valence-corrected chi connectivity index (χ4v) is 3.52. The van der Waals surface area contributed by atoms with Gasteiger partial charge in [-0.15, -0.1) is 0 Å². The molecule has 0 bridgehead atoms. The Kier molecular flexibility index (Phi) is 7.18. The predicted molar refractivity (Wildman–Crippen MR) is 119 cm³/mol. The quantitative estimate of drug-likeness (QED) is 0.496. The minimum Gasteiger partial charge on any atom is -0.507 e. The number of methoxy groups -OCH3 is 1. The first-order chi connectivity index (χ1) is 15.7. The largest absolute Gasteiger partial charge is 0.507 e. The zero-order valence-corrected chi connectivity index (χ0v) is 18.4. The van der Waals surface area contributed by atoms with Crippen molar-refractivity contribution in [1.82, 2.24) is 15.1 Å². The van der Waals surface area contributed by atoms with E-state index in [4.69, 9.17) is 4.74 Å². The van der Waals surface area contributed by atoms with E-state index in [1.54, 1.807) is 12.1 Å². The van der Waals surface area contributed by atoms with Gasteiger partial charge in [-0.2, -0.15) is 9.49 Å². The normalized spacial score (nSPS) is 13.5. The summed E-state index contributed by atoms with van der Waals surface area (Å²) in [6.07, 6.45) is 2.82. The van der Waals surface area contributed by atoms with Gasteiger partial charge in [0.25, 0.3) is 5.91 Å². The Morgan fingerprint density at radius 1 is 1.27 bits per heavy atom. The van der Waals surface area contributed by atoms with E-state index < -0.39 is 23.7 Å². The lowest BCUT2D eigenvalue weighted by Crippen LogP contribution is -2.37. The van der Waals surface area contributed by atoms with Crippen molar-refractivity contribution in [3.05, 3.63) is 59.4 Å². The van der Waals surface area contributed by atoms with E-state index in [0.717, 1.165) is 0 Å². The van der Waals surface area contributed by atoms with Crippen molar-refractivity contribution in [2.24, 2.45) is 5.92 Å². The van der Waals surface area contributed by atoms with Gasteiger partial charge in [0, 0.05) is 6.04 Å². The van der Waals surface area contributed by atoms with Crippen LogP contribution < -0.4 is 10.1 Å². The van der Waals surface area contributed by atoms with Gasteiger partial charge in [0.2, 0.25) is 0 Å². The number of ether oxygens (including phenoxy) is 1. The molecule has 8 nitrogen and oxygen atoms in total. The molecular weight excluding hydrogens is 429 g/mol. The third-order valence-electron chi connectivity index (χ3n) is 4.86. The number of nitrogens with one attached hydrogen (secondary N) is 1. The number of aliphatic carboxylic acids is 1. The van der Waals surface area contributed by atoms with Crippen LogP contribution in [0.5, 0.6) is 11.5 Å². The molecule has 3 N–H and O–H groups in total. The molecule has 0 spiro atoms. The van der Waals surface area contributed by atoms with Crippen LogP contribution in [0.15, 0.2) is 53.7 Å². The lowest BCUT2D eigenvalue weighted by molar-refractivity contribution is -0.137. The van der Waals surface area contributed by atoms with Gasteiger partial charge >= 0.3 is 5.97 Å². The van der Waals surface area contributed by atoms with Crippen molar-refractivity contribution < 1.29 is 28.9 Å². The molecule has 172 valence electrons. The fourth-order valence-electron chi connectivity index (χ4n) is 3.52. The number of carbonyl (C=O) groups is 2. The van der Waals surface area contributed by atoms with Crippen molar-refractivity contribution in [3.63, 3.8) is 0 Å². The number of halogens is 1. The van der Waals surface area contributed by atoms with Gasteiger partial charge in [-0.1, -0.05) is 19.9 Å². The molecule has 1 aromatic carbocycles. The maximum absolute atomic E-state index is 13.4. The average Bonchev–Trinajstić information content (AvgIpc) is 3.18. The third-order valence-corrected chi connectivity index (χ3v) is 4.86. The zero-order valence-electron chi connectivity index (χ0n) is 18.4. The highest BCUT2D eigenvalue weighted by Crippen LogP contribution is 2.39. The standard InChI is InChI=1S/C24H24FN3O5/c1-14(2)11-16(12-22(30)31)26-24(32)18-13-19(23-20(29)5-4-6-21(23)33-3)28(27-18)17-9-7-15(25)8-10-17/h4-7,9,13-14,16,29H,11-12H2,1-3H3,(H,26,32)(H,30,31)/t16-/m1/s1. The van der Waals surface area contributed by atoms with Crippen LogP contribution in [-0.4, -0.2) is 45.0 Å². The van der Waals surface area contributed by atoms with Gasteiger partial charge in [-0.05, 0) is 54.2 Å². The fraction of sp³-hybridized carbons (Fsp3) is 0.292. The van der Waals surface area contributed by atoms with E-state index in [2.05, 4.69) is 21.9 Å². The zero-order chi connectivity index (χ0) is 24.1. The van der Waals surface area contributed by atoms with Gasteiger partial charge in [0.15, 0.2) is 11.5 Å². The molecule has 0 aliphatic heterocycles. The molecule has 9 heteroatoms. The molecule has 2 aromatic rings. The number of phenols is 1. The SMILES string of the molecule is COc1cccc(O)c1-c1cc(C(=O)N[C@@H](CC(=O)O)CC(C)C)nn1C1=C=C=C(F)C=C1. The van der Waals surface area contributed by atoms with Gasteiger partial charge in [0.05, 0.1) is 24.8 Å². The molecule has 0 saturated carbocycles. The number of aromatic nitrogens is 2. The summed E-state index contributed by atoms with van der Waals surface area (Å²) in [5.74, 6) is -1.84. The van der Waals surface area contributed by atoms with Crippen LogP contribution in [0, 0.1) is 5.92 Å². The van der Waals surface area contributed by atoms with Gasteiger partial charge in [-0.25, -0.2) is 4.68 Å². The Labute approximate surface area is 190 Å². The number of carboxylic acid groups (broad SMARTS) is 1. The number of aromatic hydroxyl groups is 1. The Bertz CT molecular complexity index is 1210. The molecule has 3 rings (SSSR count). The van der Waals surface area contributed by atoms with E-state index in [-0.39, 0.29) is 35.0 Å². The first-order valence-electron chi connectivity index (χ1n) is 10.3. The van der Waals surface area contributed by atoms with Crippen molar-refractivity contribution in [1.29, 1.82) is 0 Å². The molecular formula is C24H24FN3O5. The highest BCUT2D eigenvalue weighted by Gasteiger charge is 2.24. The maximum Gasteiger partial charge on any atom is 0.305 e. The summed E-state index contributed by atoms with van der Waals surface area (Å²) in [6.45, 7) is 3.86. The summed E-state index contributed by atoms with van der Waals surface area (Å²) in [7, 11) is 1.44. The summed E-state index contributed by atoms with van der Waals surface area (Å²) >= 11 is 0. The number of rotatable bonds is 9. The number of benzene rings is 1. The van der Waals surface area contributed by atoms with Crippen molar-refractivity contribution in [2.45, 2.75) is 32.7 Å². The first kappa shape index (κ1) is 23.6. The van der Waals surface area contributed by atoms with E-state index in [1.807, 2.05) is 13.8 Å². The van der Waals surface area contributed by atoms with Crippen LogP contribution in [0.25, 0.3) is 17.0 Å². The number of carboxylic acids is 1. The summed E-state index contributed by atoms with van der Waals surface area (Å²) in [5, 5.41) is 26.8. The van der Waals surface area contributed by atoms with Crippen molar-refractivity contribution in [3.8, 4) is 22.8 Å². The number of phenolic OH excluding ortho intramolecular Hbond substituents is 1. The average molecular weight is 453 g/mol.